The van der Waals surface area contributed by atoms with Crippen molar-refractivity contribution in [1.29, 1.82) is 0 Å². The monoisotopic (exact) mass is 298 g/mol. The summed E-state index contributed by atoms with van der Waals surface area (Å²) in [6.07, 6.45) is 1.09. The first-order chi connectivity index (χ1) is 9.56. The molecule has 1 amide bonds. The van der Waals surface area contributed by atoms with Gasteiger partial charge in [-0.3, -0.25) is 4.79 Å². The largest absolute Gasteiger partial charge is 0.495 e. The van der Waals surface area contributed by atoms with Crippen LogP contribution in [0.4, 0.5) is 5.69 Å². The molecule has 6 heteroatoms. The normalized spacial score (nSPS) is 21.8. The summed E-state index contributed by atoms with van der Waals surface area (Å²) < 4.78 is 10.7. The highest BCUT2D eigenvalue weighted by Crippen LogP contribution is 2.30. The summed E-state index contributed by atoms with van der Waals surface area (Å²) in [5.41, 5.74) is 6.26. The van der Waals surface area contributed by atoms with Crippen LogP contribution in [0.3, 0.4) is 0 Å². The Labute approximate surface area is 123 Å². The molecule has 0 radical (unpaired) electrons. The second-order valence-corrected chi connectivity index (χ2v) is 5.18. The van der Waals surface area contributed by atoms with Gasteiger partial charge in [-0.2, -0.15) is 0 Å². The number of hydrogen-bond donors (Lipinski definition) is 1. The summed E-state index contributed by atoms with van der Waals surface area (Å²) in [6, 6.07) is 5.23. The lowest BCUT2D eigenvalue weighted by Gasteiger charge is -2.22. The van der Waals surface area contributed by atoms with Gasteiger partial charge in [-0.15, -0.1) is 0 Å². The Balaban J connectivity index is 2.09. The molecule has 1 heterocycles. The lowest BCUT2D eigenvalue weighted by Crippen LogP contribution is -2.37. The van der Waals surface area contributed by atoms with Crippen molar-refractivity contribution in [3.63, 3.8) is 0 Å². The van der Waals surface area contributed by atoms with Gasteiger partial charge >= 0.3 is 0 Å². The van der Waals surface area contributed by atoms with E-state index in [1.54, 1.807) is 37.3 Å². The van der Waals surface area contributed by atoms with E-state index in [9.17, 15) is 4.79 Å². The van der Waals surface area contributed by atoms with Crippen LogP contribution in [0.15, 0.2) is 18.2 Å². The van der Waals surface area contributed by atoms with Gasteiger partial charge < -0.3 is 20.1 Å². The van der Waals surface area contributed by atoms with E-state index in [1.807, 2.05) is 0 Å². The lowest BCUT2D eigenvalue weighted by atomic mass is 10.1. The van der Waals surface area contributed by atoms with Crippen LogP contribution in [-0.2, 0) is 9.53 Å². The third kappa shape index (κ3) is 3.06. The van der Waals surface area contributed by atoms with E-state index in [0.717, 1.165) is 6.42 Å². The summed E-state index contributed by atoms with van der Waals surface area (Å²) in [5.74, 6) is 0.499. The molecule has 1 aliphatic heterocycles. The van der Waals surface area contributed by atoms with Crippen LogP contribution < -0.4 is 15.4 Å². The predicted octanol–water partition coefficient (Wildman–Crippen LogP) is 1.82. The van der Waals surface area contributed by atoms with Crippen LogP contribution >= 0.6 is 11.6 Å². The Kier molecular flexibility index (Phi) is 4.86. The third-order valence-corrected chi connectivity index (χ3v) is 3.79. The fourth-order valence-corrected chi connectivity index (χ4v) is 2.52. The van der Waals surface area contributed by atoms with Crippen LogP contribution in [-0.4, -0.2) is 38.8 Å². The second-order valence-electron chi connectivity index (χ2n) is 4.78. The number of methoxy groups -OCH3 is 1. The Morgan fingerprint density at radius 2 is 2.30 bits per heavy atom. The van der Waals surface area contributed by atoms with E-state index >= 15 is 0 Å². The maximum Gasteiger partial charge on any atom is 0.255 e. The highest BCUT2D eigenvalue weighted by molar-refractivity contribution is 6.32. The number of likely N-dealkylation sites (N-methyl/N-ethyl adjacent to an activating group) is 1. The smallest absolute Gasteiger partial charge is 0.255 e. The fraction of sp³-hybridized carbons (Fsp3) is 0.500. The summed E-state index contributed by atoms with van der Waals surface area (Å²) in [5, 5.41) is 0.469. The molecule has 2 rings (SSSR count). The van der Waals surface area contributed by atoms with Crippen molar-refractivity contribution >= 4 is 23.2 Å². The average molecular weight is 299 g/mol. The number of carbonyl (C=O) groups excluding carboxylic acids is 1. The Hall–Kier alpha value is -1.30. The number of carbonyl (C=O) groups is 1. The number of ether oxygens (including phenoxy) is 2. The molecule has 1 saturated heterocycles. The van der Waals surface area contributed by atoms with Crippen molar-refractivity contribution in [1.82, 2.24) is 0 Å². The van der Waals surface area contributed by atoms with Gasteiger partial charge in [0.15, 0.2) is 0 Å². The quantitative estimate of drug-likeness (QED) is 0.921. The zero-order valence-corrected chi connectivity index (χ0v) is 12.4. The van der Waals surface area contributed by atoms with E-state index in [4.69, 9.17) is 26.8 Å². The molecule has 20 heavy (non-hydrogen) atoms. The summed E-state index contributed by atoms with van der Waals surface area (Å²) in [4.78, 5) is 13.9. The molecule has 0 aromatic heterocycles. The summed E-state index contributed by atoms with van der Waals surface area (Å²) in [7, 11) is 3.26. The number of hydrogen-bond acceptors (Lipinski definition) is 4. The van der Waals surface area contributed by atoms with Gasteiger partial charge in [0.05, 0.1) is 18.2 Å². The van der Waals surface area contributed by atoms with Crippen LogP contribution in [0.2, 0.25) is 5.02 Å². The maximum atomic E-state index is 12.4. The average Bonchev–Trinajstić information content (AvgIpc) is 2.94. The molecule has 0 unspecified atom stereocenters. The lowest BCUT2D eigenvalue weighted by molar-refractivity contribution is -0.128. The minimum Gasteiger partial charge on any atom is -0.495 e. The summed E-state index contributed by atoms with van der Waals surface area (Å²) in [6.45, 7) is 0.446. The summed E-state index contributed by atoms with van der Waals surface area (Å²) >= 11 is 6.07. The minimum atomic E-state index is -0.422. The number of rotatable bonds is 4. The van der Waals surface area contributed by atoms with Crippen molar-refractivity contribution in [2.24, 2.45) is 5.73 Å². The number of amides is 1. The first kappa shape index (κ1) is 15.1. The molecular weight excluding hydrogens is 280 g/mol. The van der Waals surface area contributed by atoms with Crippen LogP contribution in [0, 0.1) is 0 Å². The third-order valence-electron chi connectivity index (χ3n) is 3.50. The second kappa shape index (κ2) is 6.43. The SMILES string of the molecule is COc1ccc(N(C)C(=O)[C@@H]2CC[C@H](CN)O2)cc1Cl. The molecule has 110 valence electrons. The minimum absolute atomic E-state index is 0.0168. The van der Waals surface area contributed by atoms with E-state index in [2.05, 4.69) is 0 Å². The molecule has 5 nitrogen and oxygen atoms in total. The molecule has 0 bridgehead atoms. The van der Waals surface area contributed by atoms with Crippen LogP contribution in [0.5, 0.6) is 5.75 Å². The molecule has 1 aliphatic rings. The molecule has 1 aromatic rings. The molecule has 0 saturated carbocycles. The van der Waals surface area contributed by atoms with Gasteiger partial charge in [0.25, 0.3) is 5.91 Å². The number of anilines is 1. The Morgan fingerprint density at radius 3 is 2.85 bits per heavy atom. The number of nitrogens with two attached hydrogens (primary N) is 1. The van der Waals surface area contributed by atoms with Crippen LogP contribution in [0.1, 0.15) is 12.8 Å². The number of nitrogens with zero attached hydrogens (tertiary/aromatic N) is 1. The highest BCUT2D eigenvalue weighted by atomic mass is 35.5. The van der Waals surface area contributed by atoms with Gasteiger partial charge in [0.2, 0.25) is 0 Å². The first-order valence-corrected chi connectivity index (χ1v) is 6.91. The highest BCUT2D eigenvalue weighted by Gasteiger charge is 2.32. The molecule has 0 aliphatic carbocycles. The fourth-order valence-electron chi connectivity index (χ4n) is 2.27. The van der Waals surface area contributed by atoms with Crippen molar-refractivity contribution in [2.75, 3.05) is 25.6 Å². The zero-order valence-electron chi connectivity index (χ0n) is 11.6. The van der Waals surface area contributed by atoms with Crippen molar-refractivity contribution in [2.45, 2.75) is 25.0 Å². The molecule has 2 N–H and O–H groups in total. The van der Waals surface area contributed by atoms with E-state index in [-0.39, 0.29) is 12.0 Å². The van der Waals surface area contributed by atoms with Gasteiger partial charge in [-0.25, -0.2) is 0 Å². The molecule has 0 spiro atoms. The Bertz CT molecular complexity index is 495. The maximum absolute atomic E-state index is 12.4. The van der Waals surface area contributed by atoms with E-state index in [1.165, 1.54) is 0 Å². The van der Waals surface area contributed by atoms with Gasteiger partial charge in [-0.05, 0) is 31.0 Å². The first-order valence-electron chi connectivity index (χ1n) is 6.53. The molecule has 1 aromatic carbocycles. The van der Waals surface area contributed by atoms with Gasteiger partial charge in [-0.1, -0.05) is 11.6 Å². The number of halogens is 1. The Morgan fingerprint density at radius 1 is 1.55 bits per heavy atom. The van der Waals surface area contributed by atoms with E-state index in [0.29, 0.717) is 29.4 Å². The molecule has 1 fully saturated rings. The molecule has 2 atom stereocenters. The van der Waals surface area contributed by atoms with Crippen molar-refractivity contribution in [3.05, 3.63) is 23.2 Å². The molecular formula is C14H19ClN2O3. The number of benzene rings is 1. The van der Waals surface area contributed by atoms with Crippen molar-refractivity contribution in [3.8, 4) is 5.75 Å². The van der Waals surface area contributed by atoms with Crippen molar-refractivity contribution < 1.29 is 14.3 Å². The zero-order chi connectivity index (χ0) is 14.7. The van der Waals surface area contributed by atoms with Gasteiger partial charge in [0, 0.05) is 19.3 Å². The van der Waals surface area contributed by atoms with E-state index < -0.39 is 6.10 Å². The topological polar surface area (TPSA) is 64.8 Å². The standard InChI is InChI=1S/C14H19ClN2O3/c1-17(9-3-5-12(19-2)11(15)7-9)14(18)13-6-4-10(8-16)20-13/h3,5,7,10,13H,4,6,8,16H2,1-2H3/t10-,13+/m1/s1. The predicted molar refractivity (Wildman–Crippen MR) is 78.4 cm³/mol. The van der Waals surface area contributed by atoms with Crippen LogP contribution in [0.25, 0.3) is 0 Å². The van der Waals surface area contributed by atoms with Gasteiger partial charge in [0.1, 0.15) is 11.9 Å².